The Hall–Kier alpha value is -2.38. The number of hydrogen-bond acceptors (Lipinski definition) is 2. The van der Waals surface area contributed by atoms with Gasteiger partial charge in [0.1, 0.15) is 11.5 Å². The summed E-state index contributed by atoms with van der Waals surface area (Å²) in [5, 5.41) is 5.63. The minimum absolute atomic E-state index is 0.128. The lowest BCUT2D eigenvalue weighted by Crippen LogP contribution is -2.14. The fraction of sp³-hybridized carbons (Fsp3) is 0.167. The van der Waals surface area contributed by atoms with Crippen LogP contribution in [0.2, 0.25) is 0 Å². The van der Waals surface area contributed by atoms with E-state index >= 15 is 0 Å². The molecule has 0 atom stereocenters. The first-order valence-corrected chi connectivity index (χ1v) is 5.46. The molecule has 1 aromatic heterocycles. The van der Waals surface area contributed by atoms with Crippen LogP contribution in [0.3, 0.4) is 0 Å². The minimum atomic E-state index is -4.61. The second-order valence-electron chi connectivity index (χ2n) is 3.97. The van der Waals surface area contributed by atoms with E-state index in [-0.39, 0.29) is 5.69 Å². The molecule has 106 valence electrons. The molecule has 0 aliphatic rings. The summed E-state index contributed by atoms with van der Waals surface area (Å²) in [5.74, 6) is -1.60. The van der Waals surface area contributed by atoms with E-state index in [1.54, 1.807) is 0 Å². The van der Waals surface area contributed by atoms with E-state index < -0.39 is 29.3 Å². The maximum atomic E-state index is 13.3. The summed E-state index contributed by atoms with van der Waals surface area (Å²) < 4.78 is 51.6. The predicted molar refractivity (Wildman–Crippen MR) is 62.6 cm³/mol. The number of para-hydroxylation sites is 1. The van der Waals surface area contributed by atoms with E-state index in [4.69, 9.17) is 0 Å². The van der Waals surface area contributed by atoms with E-state index in [1.165, 1.54) is 18.2 Å². The summed E-state index contributed by atoms with van der Waals surface area (Å²) in [7, 11) is 1.07. The van der Waals surface area contributed by atoms with Crippen molar-refractivity contribution in [3.63, 3.8) is 0 Å². The molecule has 2 rings (SSSR count). The van der Waals surface area contributed by atoms with Gasteiger partial charge in [-0.2, -0.15) is 18.3 Å². The maximum absolute atomic E-state index is 13.3. The van der Waals surface area contributed by atoms with Gasteiger partial charge in [-0.1, -0.05) is 12.1 Å². The van der Waals surface area contributed by atoms with E-state index in [2.05, 4.69) is 10.4 Å². The predicted octanol–water partition coefficient (Wildman–Crippen LogP) is 2.83. The van der Waals surface area contributed by atoms with Crippen LogP contribution in [0.25, 0.3) is 0 Å². The average Bonchev–Trinajstić information content (AvgIpc) is 2.74. The molecule has 1 aromatic carbocycles. The van der Waals surface area contributed by atoms with E-state index in [9.17, 15) is 22.4 Å². The largest absolute Gasteiger partial charge is 0.433 e. The molecule has 0 unspecified atom stereocenters. The first-order chi connectivity index (χ1) is 9.29. The Morgan fingerprint density at radius 1 is 1.30 bits per heavy atom. The van der Waals surface area contributed by atoms with Crippen molar-refractivity contribution in [2.45, 2.75) is 6.18 Å². The highest BCUT2D eigenvalue weighted by atomic mass is 19.4. The van der Waals surface area contributed by atoms with Crippen LogP contribution in [-0.2, 0) is 13.2 Å². The number of amides is 1. The Balaban J connectivity index is 2.25. The first-order valence-electron chi connectivity index (χ1n) is 5.46. The van der Waals surface area contributed by atoms with Gasteiger partial charge in [0.15, 0.2) is 5.69 Å². The highest BCUT2D eigenvalue weighted by Gasteiger charge is 2.35. The Kier molecular flexibility index (Phi) is 3.47. The number of carbonyl (C=O) groups is 1. The molecule has 0 saturated heterocycles. The Labute approximate surface area is 111 Å². The van der Waals surface area contributed by atoms with Gasteiger partial charge in [-0.3, -0.25) is 9.48 Å². The van der Waals surface area contributed by atoms with Gasteiger partial charge >= 0.3 is 6.18 Å². The van der Waals surface area contributed by atoms with Gasteiger partial charge in [-0.25, -0.2) is 4.39 Å². The highest BCUT2D eigenvalue weighted by molar-refractivity contribution is 6.03. The number of alkyl halides is 3. The van der Waals surface area contributed by atoms with Crippen molar-refractivity contribution in [2.75, 3.05) is 5.32 Å². The van der Waals surface area contributed by atoms with Crippen LogP contribution in [0, 0.1) is 5.82 Å². The Morgan fingerprint density at radius 3 is 2.50 bits per heavy atom. The van der Waals surface area contributed by atoms with Gasteiger partial charge < -0.3 is 5.32 Å². The number of halogens is 4. The van der Waals surface area contributed by atoms with Crippen LogP contribution in [0.1, 0.15) is 16.2 Å². The van der Waals surface area contributed by atoms with Crippen molar-refractivity contribution in [3.05, 3.63) is 47.5 Å². The van der Waals surface area contributed by atoms with Crippen molar-refractivity contribution >= 4 is 11.6 Å². The number of carbonyl (C=O) groups excluding carboxylic acids is 1. The summed E-state index contributed by atoms with van der Waals surface area (Å²) in [4.78, 5) is 11.7. The van der Waals surface area contributed by atoms with Crippen molar-refractivity contribution < 1.29 is 22.4 Å². The molecule has 0 spiro atoms. The lowest BCUT2D eigenvalue weighted by molar-refractivity contribution is -0.143. The normalized spacial score (nSPS) is 11.4. The smallest absolute Gasteiger partial charge is 0.318 e. The number of aromatic nitrogens is 2. The zero-order chi connectivity index (χ0) is 14.9. The molecule has 4 nitrogen and oxygen atoms in total. The fourth-order valence-electron chi connectivity index (χ4n) is 1.59. The molecule has 0 aliphatic carbocycles. The van der Waals surface area contributed by atoms with Crippen molar-refractivity contribution in [3.8, 4) is 0 Å². The van der Waals surface area contributed by atoms with E-state index in [1.807, 2.05) is 0 Å². The molecule has 1 heterocycles. The van der Waals surface area contributed by atoms with Crippen molar-refractivity contribution in [2.24, 2.45) is 7.05 Å². The summed E-state index contributed by atoms with van der Waals surface area (Å²) in [5.41, 5.74) is -1.63. The van der Waals surface area contributed by atoms with Gasteiger partial charge in [0.2, 0.25) is 0 Å². The third-order valence-corrected chi connectivity index (χ3v) is 2.52. The molecular weight excluding hydrogens is 278 g/mol. The standard InChI is InChI=1S/C12H9F4N3O/c1-19-10(12(14,15)16)6-9(18-19)11(20)17-8-5-3-2-4-7(8)13/h2-6H,1H3,(H,17,20). The summed E-state index contributed by atoms with van der Waals surface area (Å²) >= 11 is 0. The van der Waals surface area contributed by atoms with Crippen LogP contribution in [-0.4, -0.2) is 15.7 Å². The highest BCUT2D eigenvalue weighted by Crippen LogP contribution is 2.29. The van der Waals surface area contributed by atoms with Crippen LogP contribution >= 0.6 is 0 Å². The second kappa shape index (κ2) is 4.95. The molecule has 0 saturated carbocycles. The zero-order valence-electron chi connectivity index (χ0n) is 10.2. The monoisotopic (exact) mass is 287 g/mol. The first kappa shape index (κ1) is 14.0. The van der Waals surface area contributed by atoms with Crippen LogP contribution < -0.4 is 5.32 Å². The third kappa shape index (κ3) is 2.79. The zero-order valence-corrected chi connectivity index (χ0v) is 10.2. The Bertz CT molecular complexity index is 648. The number of benzene rings is 1. The molecule has 0 radical (unpaired) electrons. The van der Waals surface area contributed by atoms with E-state index in [0.717, 1.165) is 13.1 Å². The van der Waals surface area contributed by atoms with Gasteiger partial charge in [-0.15, -0.1) is 0 Å². The number of nitrogens with zero attached hydrogens (tertiary/aromatic N) is 2. The Morgan fingerprint density at radius 2 is 1.95 bits per heavy atom. The fourth-order valence-corrected chi connectivity index (χ4v) is 1.59. The number of anilines is 1. The lowest BCUT2D eigenvalue weighted by atomic mass is 10.3. The average molecular weight is 287 g/mol. The number of aryl methyl sites for hydroxylation is 1. The molecule has 0 aliphatic heterocycles. The van der Waals surface area contributed by atoms with Gasteiger partial charge in [0, 0.05) is 13.1 Å². The molecule has 1 amide bonds. The number of hydrogen-bond donors (Lipinski definition) is 1. The lowest BCUT2D eigenvalue weighted by Gasteiger charge is -2.04. The third-order valence-electron chi connectivity index (χ3n) is 2.52. The van der Waals surface area contributed by atoms with Gasteiger partial charge in [-0.05, 0) is 12.1 Å². The van der Waals surface area contributed by atoms with Crippen LogP contribution in [0.4, 0.5) is 23.2 Å². The number of rotatable bonds is 2. The molecule has 8 heteroatoms. The molecule has 20 heavy (non-hydrogen) atoms. The molecule has 2 aromatic rings. The number of nitrogens with one attached hydrogen (secondary N) is 1. The van der Waals surface area contributed by atoms with Crippen LogP contribution in [0.15, 0.2) is 30.3 Å². The van der Waals surface area contributed by atoms with Crippen molar-refractivity contribution in [1.29, 1.82) is 0 Å². The van der Waals surface area contributed by atoms with Crippen molar-refractivity contribution in [1.82, 2.24) is 9.78 Å². The summed E-state index contributed by atoms with van der Waals surface area (Å²) in [6.07, 6.45) is -4.61. The quantitative estimate of drug-likeness (QED) is 0.863. The van der Waals surface area contributed by atoms with Gasteiger partial charge in [0.05, 0.1) is 5.69 Å². The van der Waals surface area contributed by atoms with Crippen LogP contribution in [0.5, 0.6) is 0 Å². The topological polar surface area (TPSA) is 46.9 Å². The molecule has 1 N–H and O–H groups in total. The SMILES string of the molecule is Cn1nc(C(=O)Nc2ccccc2F)cc1C(F)(F)F. The summed E-state index contributed by atoms with van der Waals surface area (Å²) in [6, 6.07) is 5.93. The minimum Gasteiger partial charge on any atom is -0.318 e. The van der Waals surface area contributed by atoms with Gasteiger partial charge in [0.25, 0.3) is 5.91 Å². The summed E-state index contributed by atoms with van der Waals surface area (Å²) in [6.45, 7) is 0. The maximum Gasteiger partial charge on any atom is 0.433 e. The molecule has 0 fully saturated rings. The second-order valence-corrected chi connectivity index (χ2v) is 3.97. The molecular formula is C12H9F4N3O. The van der Waals surface area contributed by atoms with E-state index in [0.29, 0.717) is 10.7 Å². The molecule has 0 bridgehead atoms.